The molecule has 0 amide bonds. The summed E-state index contributed by atoms with van der Waals surface area (Å²) in [7, 11) is 0. The van der Waals surface area contributed by atoms with E-state index in [2.05, 4.69) is 119 Å². The number of para-hydroxylation sites is 2. The van der Waals surface area contributed by atoms with Gasteiger partial charge < -0.3 is 45.4 Å². The molecule has 2 heterocycles. The van der Waals surface area contributed by atoms with Crippen LogP contribution in [-0.2, 0) is 13.1 Å². The zero-order chi connectivity index (χ0) is 25.9. The molecule has 0 spiro atoms. The Labute approximate surface area is 255 Å². The number of hydrogen-bond acceptors (Lipinski definition) is 2. The Kier molecular flexibility index (Phi) is 9.35. The van der Waals surface area contributed by atoms with E-state index in [1.54, 1.807) is 0 Å². The van der Waals surface area contributed by atoms with Crippen molar-refractivity contribution in [2.45, 2.75) is 13.1 Å². The third kappa shape index (κ3) is 6.24. The minimum absolute atomic E-state index is 0. The van der Waals surface area contributed by atoms with Gasteiger partial charge in [0.05, 0.1) is 22.1 Å². The highest BCUT2D eigenvalue weighted by atomic mass is 79.9. The zero-order valence-corrected chi connectivity index (χ0v) is 25.1. The van der Waals surface area contributed by atoms with Crippen LogP contribution in [0.5, 0.6) is 0 Å². The maximum absolute atomic E-state index is 6.16. The first-order chi connectivity index (χ1) is 18.6. The van der Waals surface area contributed by atoms with Crippen LogP contribution >= 0.6 is 0 Å². The molecule has 6 heteroatoms. The van der Waals surface area contributed by atoms with Gasteiger partial charge in [-0.05, 0) is 23.3 Å². The lowest BCUT2D eigenvalue weighted by molar-refractivity contribution is -0.662. The van der Waals surface area contributed by atoms with E-state index in [4.69, 9.17) is 11.5 Å². The summed E-state index contributed by atoms with van der Waals surface area (Å²) in [5, 5.41) is 2.17. The van der Waals surface area contributed by atoms with Crippen molar-refractivity contribution in [2.75, 3.05) is 11.5 Å². The standard InChI is InChI=1S/C34H28N4.2BrH/c35-31-19-21-37(33-7-3-1-5-29(31)33)23-27-15-11-25(12-16-27)9-10-26-13-17-28(18-14-26)24-38-22-20-32(36)30-6-2-4-8-34(30)38;;/h1-22,35-36H,23-24H2;2*1H/b10-9+;;. The van der Waals surface area contributed by atoms with Crippen molar-refractivity contribution in [3.63, 3.8) is 0 Å². The van der Waals surface area contributed by atoms with Gasteiger partial charge in [-0.25, -0.2) is 0 Å². The van der Waals surface area contributed by atoms with Crippen LogP contribution in [0.1, 0.15) is 22.3 Å². The molecule has 0 saturated carbocycles. The van der Waals surface area contributed by atoms with Crippen LogP contribution in [0.3, 0.4) is 0 Å². The van der Waals surface area contributed by atoms with Gasteiger partial charge in [0.25, 0.3) is 0 Å². The minimum atomic E-state index is 0. The molecular weight excluding hydrogens is 624 g/mol. The first kappa shape index (κ1) is 29.0. The predicted octanol–water partition coefficient (Wildman–Crippen LogP) is 0.00740. The number of rotatable bonds is 6. The number of anilines is 2. The molecule has 0 aliphatic rings. The van der Waals surface area contributed by atoms with E-state index in [9.17, 15) is 0 Å². The first-order valence-corrected chi connectivity index (χ1v) is 12.8. The summed E-state index contributed by atoms with van der Waals surface area (Å²) in [5.74, 6) is 0. The Morgan fingerprint density at radius 1 is 0.475 bits per heavy atom. The summed E-state index contributed by atoms with van der Waals surface area (Å²) in [5.41, 5.74) is 21.1. The molecular formula is C34H30Br2N4. The number of nitrogens with zero attached hydrogens (tertiary/aromatic N) is 2. The lowest BCUT2D eigenvalue weighted by Crippen LogP contribution is -3.00. The first-order valence-electron chi connectivity index (χ1n) is 12.8. The molecule has 0 aliphatic carbocycles. The van der Waals surface area contributed by atoms with E-state index in [0.29, 0.717) is 0 Å². The normalized spacial score (nSPS) is 10.9. The molecule has 200 valence electrons. The summed E-state index contributed by atoms with van der Waals surface area (Å²) in [6.07, 6.45) is 8.44. The van der Waals surface area contributed by atoms with Crippen molar-refractivity contribution >= 4 is 45.3 Å². The molecule has 0 aliphatic heterocycles. The highest BCUT2D eigenvalue weighted by molar-refractivity contribution is 5.88. The Balaban J connectivity index is 0.00000185. The average molecular weight is 654 g/mol. The molecule has 6 rings (SSSR count). The van der Waals surface area contributed by atoms with Gasteiger partial charge in [0, 0.05) is 35.4 Å². The fourth-order valence-corrected chi connectivity index (χ4v) is 4.95. The van der Waals surface area contributed by atoms with E-state index < -0.39 is 0 Å². The second-order valence-corrected chi connectivity index (χ2v) is 9.65. The van der Waals surface area contributed by atoms with Gasteiger partial charge in [-0.3, -0.25) is 0 Å². The predicted molar refractivity (Wildman–Crippen MR) is 157 cm³/mol. The monoisotopic (exact) mass is 652 g/mol. The lowest BCUT2D eigenvalue weighted by Gasteiger charge is -2.05. The molecule has 0 fully saturated rings. The molecule has 2 aromatic heterocycles. The molecule has 0 atom stereocenters. The summed E-state index contributed by atoms with van der Waals surface area (Å²) in [6.45, 7) is 1.60. The third-order valence-electron chi connectivity index (χ3n) is 7.05. The Bertz CT molecular complexity index is 1650. The SMILES string of the molecule is Nc1cc[n+](Cc2ccc(/C=C/c3ccc(C[n+]4ccc(N)c5ccccc54)cc3)cc2)c2ccccc12.[Br-].[Br-]. The molecule has 0 unspecified atom stereocenters. The number of nitrogen functional groups attached to an aromatic ring is 2. The number of pyridine rings is 2. The van der Waals surface area contributed by atoms with Crippen LogP contribution in [0.15, 0.2) is 122 Å². The molecule has 0 radical (unpaired) electrons. The van der Waals surface area contributed by atoms with Crippen molar-refractivity contribution < 1.29 is 43.1 Å². The highest BCUT2D eigenvalue weighted by Gasteiger charge is 2.12. The second kappa shape index (κ2) is 12.9. The fourth-order valence-electron chi connectivity index (χ4n) is 4.95. The molecule has 6 aromatic rings. The smallest absolute Gasteiger partial charge is 0.214 e. The van der Waals surface area contributed by atoms with E-state index >= 15 is 0 Å². The molecule has 4 aromatic carbocycles. The highest BCUT2D eigenvalue weighted by Crippen LogP contribution is 2.19. The van der Waals surface area contributed by atoms with Crippen LogP contribution in [0.25, 0.3) is 34.0 Å². The van der Waals surface area contributed by atoms with Gasteiger partial charge >= 0.3 is 0 Å². The fraction of sp³-hybridized carbons (Fsp3) is 0.0588. The largest absolute Gasteiger partial charge is 1.00 e. The molecule has 4 N–H and O–H groups in total. The third-order valence-corrected chi connectivity index (χ3v) is 7.05. The van der Waals surface area contributed by atoms with E-state index in [0.717, 1.165) is 46.3 Å². The van der Waals surface area contributed by atoms with E-state index in [1.807, 2.05) is 24.3 Å². The molecule has 4 nitrogen and oxygen atoms in total. The number of aromatic nitrogens is 2. The Morgan fingerprint density at radius 2 is 0.850 bits per heavy atom. The van der Waals surface area contributed by atoms with Gasteiger partial charge in [-0.1, -0.05) is 84.9 Å². The quantitative estimate of drug-likeness (QED) is 0.197. The van der Waals surface area contributed by atoms with Crippen LogP contribution in [0, 0.1) is 0 Å². The van der Waals surface area contributed by atoms with Gasteiger partial charge in [-0.15, -0.1) is 0 Å². The number of fused-ring (bicyclic) bond motifs is 2. The summed E-state index contributed by atoms with van der Waals surface area (Å²) < 4.78 is 4.48. The van der Waals surface area contributed by atoms with Gasteiger partial charge in [0.15, 0.2) is 25.5 Å². The number of nitrogens with two attached hydrogens (primary N) is 2. The zero-order valence-electron chi connectivity index (χ0n) is 21.9. The molecule has 40 heavy (non-hydrogen) atoms. The van der Waals surface area contributed by atoms with Crippen LogP contribution < -0.4 is 54.6 Å². The van der Waals surface area contributed by atoms with Crippen LogP contribution in [-0.4, -0.2) is 0 Å². The van der Waals surface area contributed by atoms with Crippen molar-refractivity contribution in [1.29, 1.82) is 0 Å². The second-order valence-electron chi connectivity index (χ2n) is 9.65. The van der Waals surface area contributed by atoms with Crippen molar-refractivity contribution in [3.05, 3.63) is 144 Å². The maximum Gasteiger partial charge on any atom is 0.214 e. The number of hydrogen-bond donors (Lipinski definition) is 2. The van der Waals surface area contributed by atoms with Crippen molar-refractivity contribution in [1.82, 2.24) is 0 Å². The van der Waals surface area contributed by atoms with Gasteiger partial charge in [-0.2, -0.15) is 9.13 Å². The summed E-state index contributed by atoms with van der Waals surface area (Å²) >= 11 is 0. The van der Waals surface area contributed by atoms with Gasteiger partial charge in [0.1, 0.15) is 0 Å². The van der Waals surface area contributed by atoms with E-state index in [-0.39, 0.29) is 34.0 Å². The summed E-state index contributed by atoms with van der Waals surface area (Å²) in [6, 6.07) is 37.9. The van der Waals surface area contributed by atoms with E-state index in [1.165, 1.54) is 22.3 Å². The minimum Gasteiger partial charge on any atom is -1.00 e. The van der Waals surface area contributed by atoms with Crippen LogP contribution in [0.2, 0.25) is 0 Å². The average Bonchev–Trinajstić information content (AvgIpc) is 2.97. The van der Waals surface area contributed by atoms with Gasteiger partial charge in [0.2, 0.25) is 11.0 Å². The summed E-state index contributed by atoms with van der Waals surface area (Å²) in [4.78, 5) is 0. The van der Waals surface area contributed by atoms with Crippen molar-refractivity contribution in [3.8, 4) is 0 Å². The Hall–Kier alpha value is -4.00. The molecule has 0 saturated heterocycles. The lowest BCUT2D eigenvalue weighted by atomic mass is 10.1. The van der Waals surface area contributed by atoms with Crippen LogP contribution in [0.4, 0.5) is 11.4 Å². The number of benzene rings is 4. The number of halogens is 2. The Morgan fingerprint density at radius 3 is 1.25 bits per heavy atom. The molecule has 0 bridgehead atoms. The maximum atomic E-state index is 6.16. The topological polar surface area (TPSA) is 59.8 Å². The van der Waals surface area contributed by atoms with Crippen molar-refractivity contribution in [2.24, 2.45) is 0 Å².